The topological polar surface area (TPSA) is 128 Å². The van der Waals surface area contributed by atoms with Crippen molar-refractivity contribution < 1.29 is 52.2 Å². The number of nitrogens with zero attached hydrogens (tertiary/aromatic N) is 1. The molecule has 3 rings (SSSR count). The van der Waals surface area contributed by atoms with Crippen molar-refractivity contribution in [3.05, 3.63) is 29.8 Å². The molecule has 2 aliphatic heterocycles. The van der Waals surface area contributed by atoms with Gasteiger partial charge in [0, 0.05) is 39.1 Å². The van der Waals surface area contributed by atoms with E-state index in [9.17, 15) is 14.7 Å². The Morgan fingerprint density at radius 1 is 1.22 bits per heavy atom. The van der Waals surface area contributed by atoms with Gasteiger partial charge in [0.15, 0.2) is 5.79 Å². The second kappa shape index (κ2) is 16.0. The fraction of sp³-hybridized carbons (Fsp3) is 0.680. The molecule has 0 saturated carbocycles. The molecule has 2 aliphatic rings. The highest BCUT2D eigenvalue weighted by atomic mass is 35.5. The number of carbonyl (C=O) groups is 2. The zero-order valence-corrected chi connectivity index (χ0v) is 22.3. The third-order valence-corrected chi connectivity index (χ3v) is 5.74. The lowest BCUT2D eigenvalue weighted by Crippen LogP contribution is -3.00. The number of halogens is 1. The van der Waals surface area contributed by atoms with Gasteiger partial charge in [-0.2, -0.15) is 0 Å². The molecule has 2 fully saturated rings. The molecule has 2 heterocycles. The first-order valence-electron chi connectivity index (χ1n) is 12.5. The summed E-state index contributed by atoms with van der Waals surface area (Å²) in [5, 5.41) is 16.1. The van der Waals surface area contributed by atoms with Crippen LogP contribution in [0.3, 0.4) is 0 Å². The number of ether oxygens (including phenoxy) is 5. The summed E-state index contributed by atoms with van der Waals surface area (Å²) in [6.45, 7) is 8.13. The molecular weight excluding hydrogens is 506 g/mol. The maximum Gasteiger partial charge on any atom is 1.00 e. The van der Waals surface area contributed by atoms with Crippen LogP contribution in [0.5, 0.6) is 5.75 Å². The van der Waals surface area contributed by atoms with Gasteiger partial charge in [-0.15, -0.1) is 0 Å². The Labute approximate surface area is 226 Å². The molecule has 0 unspecified atom stereocenters. The number of aliphatic hydroxyl groups excluding tert-OH is 1. The summed E-state index contributed by atoms with van der Waals surface area (Å²) in [7, 11) is 0. The van der Waals surface area contributed by atoms with Crippen molar-refractivity contribution in [2.24, 2.45) is 0 Å². The van der Waals surface area contributed by atoms with Crippen LogP contribution in [-0.2, 0) is 30.2 Å². The molecule has 37 heavy (non-hydrogen) atoms. The van der Waals surface area contributed by atoms with Gasteiger partial charge in [0.1, 0.15) is 31.2 Å². The molecule has 0 bridgehead atoms. The van der Waals surface area contributed by atoms with E-state index in [4.69, 9.17) is 23.7 Å². The van der Waals surface area contributed by atoms with Crippen LogP contribution < -0.4 is 27.8 Å². The fourth-order valence-electron chi connectivity index (χ4n) is 3.76. The lowest BCUT2D eigenvalue weighted by molar-refractivity contribution is -0.158. The van der Waals surface area contributed by atoms with E-state index in [2.05, 4.69) is 10.6 Å². The van der Waals surface area contributed by atoms with Crippen LogP contribution in [0, 0.1) is 0 Å². The Morgan fingerprint density at radius 3 is 2.62 bits per heavy atom. The van der Waals surface area contributed by atoms with Gasteiger partial charge >= 0.3 is 13.4 Å². The average Bonchev–Trinajstić information content (AvgIpc) is 3.24. The van der Waals surface area contributed by atoms with Gasteiger partial charge in [-0.3, -0.25) is 4.79 Å². The number of urea groups is 1. The number of hydrogen-bond donors (Lipinski definition) is 3. The van der Waals surface area contributed by atoms with Crippen LogP contribution in [0.25, 0.3) is 0 Å². The number of aryl methyl sites for hydroxylation is 1. The van der Waals surface area contributed by atoms with Crippen LogP contribution in [-0.4, -0.2) is 106 Å². The molecule has 1 aromatic rings. The predicted octanol–water partition coefficient (Wildman–Crippen LogP) is -2.20. The van der Waals surface area contributed by atoms with Crippen LogP contribution in [0.1, 0.15) is 27.3 Å². The predicted molar refractivity (Wildman–Crippen MR) is 132 cm³/mol. The third-order valence-electron chi connectivity index (χ3n) is 5.74. The highest BCUT2D eigenvalue weighted by Gasteiger charge is 2.33. The van der Waals surface area contributed by atoms with Crippen molar-refractivity contribution in [1.29, 1.82) is 0 Å². The van der Waals surface area contributed by atoms with E-state index < -0.39 is 11.9 Å². The van der Waals surface area contributed by atoms with Crippen molar-refractivity contribution in [3.8, 4) is 5.75 Å². The van der Waals surface area contributed by atoms with E-state index in [1.54, 1.807) is 4.90 Å². The van der Waals surface area contributed by atoms with Crippen molar-refractivity contribution >= 4 is 12.0 Å². The van der Waals surface area contributed by atoms with E-state index in [0.717, 1.165) is 5.56 Å². The van der Waals surface area contributed by atoms with Crippen LogP contribution in [0.2, 0.25) is 0 Å². The Kier molecular flexibility index (Phi) is 13.4. The minimum absolute atomic E-state index is 0. The number of benzene rings is 1. The molecule has 3 N–H and O–H groups in total. The molecule has 0 aliphatic carbocycles. The van der Waals surface area contributed by atoms with Crippen LogP contribution in [0.15, 0.2) is 24.3 Å². The number of aliphatic hydroxyl groups is 1. The van der Waals surface area contributed by atoms with Gasteiger partial charge in [0.25, 0.3) is 0 Å². The molecule has 2 atom stereocenters. The fourth-order valence-corrected chi connectivity index (χ4v) is 3.76. The van der Waals surface area contributed by atoms with E-state index in [1.807, 2.05) is 38.1 Å². The van der Waals surface area contributed by atoms with E-state index >= 15 is 0 Å². The smallest absolute Gasteiger partial charge is 1.00 e. The van der Waals surface area contributed by atoms with Gasteiger partial charge in [0.2, 0.25) is 0 Å². The first-order chi connectivity index (χ1) is 17.3. The Morgan fingerprint density at radius 2 is 1.95 bits per heavy atom. The second-order valence-electron chi connectivity index (χ2n) is 9.28. The van der Waals surface area contributed by atoms with Gasteiger partial charge in [-0.05, 0) is 38.0 Å². The Balaban J connectivity index is 0.00000361. The number of rotatable bonds is 13. The molecule has 0 spiro atoms. The molecule has 1 aromatic carbocycles. The summed E-state index contributed by atoms with van der Waals surface area (Å²) in [6.07, 6.45) is -0.0863. The summed E-state index contributed by atoms with van der Waals surface area (Å²) < 4.78 is 27.2. The number of hydrogen-bond acceptors (Lipinski definition) is 9. The lowest BCUT2D eigenvalue weighted by Gasteiger charge is -2.27. The number of carbonyl (C=O) groups excluding carboxylic acids is 2. The SMILES string of the molecule is CC1(C)OC[C@@H](COC(=O)CCc2ccc(OC[C@@H](O)CNCCNC(=O)N3CCOCC3)cc2)O1.[Cl-].[H+]. The van der Waals surface area contributed by atoms with Gasteiger partial charge in [-0.25, -0.2) is 4.79 Å². The molecule has 11 nitrogen and oxygen atoms in total. The largest absolute Gasteiger partial charge is 1.00 e. The minimum Gasteiger partial charge on any atom is -1.00 e. The maximum atomic E-state index is 12.0. The standard InChI is InChI=1S/C25H39N3O8.ClH/c1-25(2)35-18-22(36-25)17-34-23(30)8-5-19-3-6-21(7-4-19)33-16-20(29)15-26-9-10-27-24(31)28-11-13-32-14-12-28;/h3-4,6-7,20,22,26,29H,5,8-18H2,1-2H3,(H,27,31);1H/t20-,22+;/m0./s1. The van der Waals surface area contributed by atoms with Gasteiger partial charge < -0.3 is 56.7 Å². The molecule has 12 heteroatoms. The first kappa shape index (κ1) is 31.1. The third kappa shape index (κ3) is 11.8. The number of morpholine rings is 1. The molecule has 0 radical (unpaired) electrons. The first-order valence-corrected chi connectivity index (χ1v) is 12.5. The highest BCUT2D eigenvalue weighted by Crippen LogP contribution is 2.22. The molecule has 2 saturated heterocycles. The molecule has 0 aromatic heterocycles. The van der Waals surface area contributed by atoms with Gasteiger partial charge in [-0.1, -0.05) is 12.1 Å². The second-order valence-corrected chi connectivity index (χ2v) is 9.28. The average molecular weight is 546 g/mol. The zero-order valence-electron chi connectivity index (χ0n) is 22.6. The van der Waals surface area contributed by atoms with E-state index in [0.29, 0.717) is 64.7 Å². The van der Waals surface area contributed by atoms with Crippen molar-refractivity contribution in [3.63, 3.8) is 0 Å². The molecule has 2 amide bonds. The normalized spacial score (nSPS) is 19.5. The summed E-state index contributed by atoms with van der Waals surface area (Å²) in [6, 6.07) is 7.31. The monoisotopic (exact) mass is 545 g/mol. The number of amides is 2. The minimum atomic E-state index is -0.686. The summed E-state index contributed by atoms with van der Waals surface area (Å²) in [5.74, 6) is -0.269. The van der Waals surface area contributed by atoms with Crippen LogP contribution in [0.4, 0.5) is 4.79 Å². The van der Waals surface area contributed by atoms with E-state index in [-0.39, 0.29) is 51.6 Å². The summed E-state index contributed by atoms with van der Waals surface area (Å²) in [4.78, 5) is 25.7. The summed E-state index contributed by atoms with van der Waals surface area (Å²) >= 11 is 0. The van der Waals surface area contributed by atoms with Crippen molar-refractivity contribution in [2.75, 3.05) is 65.8 Å². The zero-order chi connectivity index (χ0) is 25.8. The molecule has 210 valence electrons. The number of nitrogens with one attached hydrogen (secondary N) is 2. The lowest BCUT2D eigenvalue weighted by atomic mass is 10.1. The van der Waals surface area contributed by atoms with Crippen LogP contribution >= 0.6 is 0 Å². The van der Waals surface area contributed by atoms with Crippen molar-refractivity contribution in [1.82, 2.24) is 15.5 Å². The Bertz CT molecular complexity index is 827. The summed E-state index contributed by atoms with van der Waals surface area (Å²) in [5.41, 5.74) is 0.988. The van der Waals surface area contributed by atoms with E-state index in [1.165, 1.54) is 0 Å². The number of esters is 1. The molecular formula is C25H40ClN3O8. The Hall–Kier alpha value is -2.15. The van der Waals surface area contributed by atoms with Gasteiger partial charge in [0.05, 0.1) is 19.8 Å². The quantitative estimate of drug-likeness (QED) is 0.187. The highest BCUT2D eigenvalue weighted by molar-refractivity contribution is 5.74. The maximum absolute atomic E-state index is 12.0. The van der Waals surface area contributed by atoms with Crippen molar-refractivity contribution in [2.45, 2.75) is 44.7 Å².